The Morgan fingerprint density at radius 3 is 2.55 bits per heavy atom. The fraction of sp³-hybridized carbons (Fsp3) is 0.480. The fourth-order valence-electron chi connectivity index (χ4n) is 5.06. The second kappa shape index (κ2) is 10.2. The van der Waals surface area contributed by atoms with Crippen molar-refractivity contribution in [3.05, 3.63) is 47.3 Å². The van der Waals surface area contributed by atoms with E-state index in [2.05, 4.69) is 31.0 Å². The second-order valence-electron chi connectivity index (χ2n) is 9.75. The molecule has 4 heterocycles. The van der Waals surface area contributed by atoms with E-state index in [1.807, 2.05) is 18.2 Å². The van der Waals surface area contributed by atoms with Gasteiger partial charge in [0, 0.05) is 56.5 Å². The van der Waals surface area contributed by atoms with Gasteiger partial charge in [-0.3, -0.25) is 15.0 Å². The number of nitrogens with zero attached hydrogens (tertiary/aromatic N) is 4. The van der Waals surface area contributed by atoms with E-state index < -0.39 is 24.2 Å². The van der Waals surface area contributed by atoms with Crippen LogP contribution in [0.15, 0.2) is 35.3 Å². The number of hydrazine groups is 1. The minimum atomic E-state index is -4.71. The van der Waals surface area contributed by atoms with E-state index in [9.17, 15) is 22.0 Å². The van der Waals surface area contributed by atoms with Gasteiger partial charge in [-0.15, -0.1) is 0 Å². The number of nitrogens with one attached hydrogen (secondary N) is 3. The van der Waals surface area contributed by atoms with E-state index in [1.54, 1.807) is 20.2 Å². The largest absolute Gasteiger partial charge is 0.433 e. The molecule has 5 rings (SSSR count). The fourth-order valence-corrected chi connectivity index (χ4v) is 5.06. The number of fused-ring (bicyclic) bond motifs is 1. The number of aromatic nitrogens is 3. The summed E-state index contributed by atoms with van der Waals surface area (Å²) >= 11 is 0. The lowest BCUT2D eigenvalue weighted by atomic mass is 9.75. The van der Waals surface area contributed by atoms with Crippen LogP contribution in [0.25, 0.3) is 22.2 Å². The average Bonchev–Trinajstić information content (AvgIpc) is 3.42. The molecule has 0 aliphatic carbocycles. The van der Waals surface area contributed by atoms with E-state index in [0.717, 1.165) is 17.5 Å². The number of rotatable bonds is 7. The SMILES string of the molecule is CN=C(CC1(c2cccc(-c3n[nH]c4c(CN5C[C@H](F)[C@@H](F)C5)nc(C(F)(F)F)cc34)c2)COC1)NNC. The van der Waals surface area contributed by atoms with Crippen LogP contribution in [0.2, 0.25) is 0 Å². The minimum absolute atomic E-state index is 0.0387. The van der Waals surface area contributed by atoms with Crippen LogP contribution < -0.4 is 10.9 Å². The van der Waals surface area contributed by atoms with Crippen molar-refractivity contribution in [1.29, 1.82) is 0 Å². The Hall–Kier alpha value is -3.16. The van der Waals surface area contributed by atoms with Crippen LogP contribution in [0, 0.1) is 0 Å². The first-order chi connectivity index (χ1) is 18.1. The van der Waals surface area contributed by atoms with Crippen LogP contribution in [0.3, 0.4) is 0 Å². The average molecular weight is 538 g/mol. The Balaban J connectivity index is 1.54. The molecule has 1 aromatic carbocycles. The van der Waals surface area contributed by atoms with Crippen molar-refractivity contribution in [2.45, 2.75) is 36.9 Å². The van der Waals surface area contributed by atoms with Crippen LogP contribution in [0.1, 0.15) is 23.4 Å². The van der Waals surface area contributed by atoms with Gasteiger partial charge in [-0.2, -0.15) is 18.3 Å². The lowest BCUT2D eigenvalue weighted by Gasteiger charge is -2.42. The number of pyridine rings is 1. The third-order valence-electron chi connectivity index (χ3n) is 7.10. The Labute approximate surface area is 215 Å². The molecule has 38 heavy (non-hydrogen) atoms. The molecular formula is C25H28F5N7O. The molecule has 3 aromatic rings. The van der Waals surface area contributed by atoms with Crippen LogP contribution in [0.5, 0.6) is 0 Å². The first-order valence-corrected chi connectivity index (χ1v) is 12.2. The normalized spacial score (nSPS) is 22.1. The number of hydrogen-bond donors (Lipinski definition) is 3. The zero-order chi connectivity index (χ0) is 27.1. The summed E-state index contributed by atoms with van der Waals surface area (Å²) in [5.74, 6) is 0.741. The molecule has 0 radical (unpaired) electrons. The molecule has 0 spiro atoms. The number of halogens is 5. The molecule has 2 aliphatic rings. The molecule has 0 bridgehead atoms. The monoisotopic (exact) mass is 537 g/mol. The highest BCUT2D eigenvalue weighted by Crippen LogP contribution is 2.39. The minimum Gasteiger partial charge on any atom is -0.379 e. The number of benzene rings is 1. The molecule has 2 aromatic heterocycles. The molecule has 0 saturated carbocycles. The highest BCUT2D eigenvalue weighted by atomic mass is 19.4. The Kier molecular flexibility index (Phi) is 7.09. The molecule has 0 unspecified atom stereocenters. The van der Waals surface area contributed by atoms with E-state index in [1.165, 1.54) is 4.90 Å². The van der Waals surface area contributed by atoms with Gasteiger partial charge in [-0.1, -0.05) is 18.2 Å². The first kappa shape index (κ1) is 26.4. The van der Waals surface area contributed by atoms with Gasteiger partial charge in [0.1, 0.15) is 29.6 Å². The van der Waals surface area contributed by atoms with E-state index in [-0.39, 0.29) is 36.1 Å². The van der Waals surface area contributed by atoms with Gasteiger partial charge in [-0.05, 0) is 17.7 Å². The van der Waals surface area contributed by atoms with Gasteiger partial charge in [0.25, 0.3) is 0 Å². The van der Waals surface area contributed by atoms with Gasteiger partial charge < -0.3 is 10.2 Å². The van der Waals surface area contributed by atoms with Gasteiger partial charge in [0.05, 0.1) is 24.4 Å². The molecule has 2 atom stereocenters. The van der Waals surface area contributed by atoms with Crippen molar-refractivity contribution in [1.82, 2.24) is 30.9 Å². The predicted molar refractivity (Wildman–Crippen MR) is 132 cm³/mol. The second-order valence-corrected chi connectivity index (χ2v) is 9.75. The quantitative estimate of drug-likeness (QED) is 0.185. The molecule has 2 saturated heterocycles. The first-order valence-electron chi connectivity index (χ1n) is 12.2. The smallest absolute Gasteiger partial charge is 0.379 e. The summed E-state index contributed by atoms with van der Waals surface area (Å²) in [5, 5.41) is 7.40. The number of alkyl halides is 5. The van der Waals surface area contributed by atoms with Gasteiger partial charge in [0.15, 0.2) is 0 Å². The van der Waals surface area contributed by atoms with Crippen molar-refractivity contribution in [3.8, 4) is 11.3 Å². The van der Waals surface area contributed by atoms with Crippen LogP contribution in [0.4, 0.5) is 22.0 Å². The molecule has 204 valence electrons. The maximum Gasteiger partial charge on any atom is 0.433 e. The number of amidine groups is 1. The van der Waals surface area contributed by atoms with Crippen molar-refractivity contribution < 1.29 is 26.7 Å². The van der Waals surface area contributed by atoms with Crippen LogP contribution in [-0.4, -0.2) is 78.7 Å². The van der Waals surface area contributed by atoms with Gasteiger partial charge in [-0.25, -0.2) is 19.2 Å². The molecule has 2 fully saturated rings. The summed E-state index contributed by atoms with van der Waals surface area (Å²) in [7, 11) is 3.43. The maximum atomic E-state index is 13.8. The molecule has 2 aliphatic heterocycles. The summed E-state index contributed by atoms with van der Waals surface area (Å²) in [5.41, 5.74) is 6.68. The molecular weight excluding hydrogens is 509 g/mol. The predicted octanol–water partition coefficient (Wildman–Crippen LogP) is 3.55. The highest BCUT2D eigenvalue weighted by Gasteiger charge is 2.42. The van der Waals surface area contributed by atoms with Crippen molar-refractivity contribution >= 4 is 16.7 Å². The third kappa shape index (κ3) is 4.97. The third-order valence-corrected chi connectivity index (χ3v) is 7.10. The summed E-state index contributed by atoms with van der Waals surface area (Å²) in [6, 6.07) is 8.43. The van der Waals surface area contributed by atoms with Gasteiger partial charge in [0.2, 0.25) is 0 Å². The lowest BCUT2D eigenvalue weighted by molar-refractivity contribution is -0.141. The van der Waals surface area contributed by atoms with E-state index in [4.69, 9.17) is 4.74 Å². The Bertz CT molecular complexity index is 1330. The summed E-state index contributed by atoms with van der Waals surface area (Å²) in [4.78, 5) is 9.51. The highest BCUT2D eigenvalue weighted by molar-refractivity contribution is 5.94. The van der Waals surface area contributed by atoms with E-state index >= 15 is 0 Å². The topological polar surface area (TPSA) is 90.5 Å². The van der Waals surface area contributed by atoms with E-state index in [0.29, 0.717) is 36.4 Å². The number of aliphatic imine (C=N–C) groups is 1. The molecule has 0 amide bonds. The summed E-state index contributed by atoms with van der Waals surface area (Å²) in [6.45, 7) is 0.379. The molecule has 3 N–H and O–H groups in total. The van der Waals surface area contributed by atoms with Gasteiger partial charge >= 0.3 is 6.18 Å². The number of ether oxygens (including phenoxy) is 1. The van der Waals surface area contributed by atoms with Crippen molar-refractivity contribution in [3.63, 3.8) is 0 Å². The van der Waals surface area contributed by atoms with Crippen molar-refractivity contribution in [2.24, 2.45) is 4.99 Å². The standard InChI is InChI=1S/C25H28F5N7O/c1-31-21(34-32-2)8-24(12-38-13-24)15-5-3-4-14(6-15)22-16-7-20(25(28,29)30)33-19(23(16)36-35-22)11-37-9-17(26)18(27)10-37/h3-7,17-18,32H,8-13H2,1-2H3,(H,31,34)(H,35,36)/t17-,18-/m0/s1. The summed E-state index contributed by atoms with van der Waals surface area (Å²) in [6.07, 6.45) is -7.50. The van der Waals surface area contributed by atoms with Crippen LogP contribution >= 0.6 is 0 Å². The number of aromatic amines is 1. The number of H-pyrrole nitrogens is 1. The zero-order valence-electron chi connectivity index (χ0n) is 20.9. The maximum absolute atomic E-state index is 13.8. The number of hydrogen-bond acceptors (Lipinski definition) is 6. The molecule has 13 heteroatoms. The zero-order valence-corrected chi connectivity index (χ0v) is 20.9. The lowest BCUT2D eigenvalue weighted by Crippen LogP contribution is -2.51. The number of likely N-dealkylation sites (tertiary alicyclic amines) is 1. The van der Waals surface area contributed by atoms with Crippen LogP contribution in [-0.2, 0) is 22.9 Å². The summed E-state index contributed by atoms with van der Waals surface area (Å²) < 4.78 is 74.4. The molecule has 8 nitrogen and oxygen atoms in total. The Morgan fingerprint density at radius 1 is 1.21 bits per heavy atom. The Morgan fingerprint density at radius 2 is 1.95 bits per heavy atom. The van der Waals surface area contributed by atoms with Crippen molar-refractivity contribution in [2.75, 3.05) is 40.4 Å².